The molecule has 0 fully saturated rings. The second kappa shape index (κ2) is 13.7. The summed E-state index contributed by atoms with van der Waals surface area (Å²) in [7, 11) is 4.24. The molecule has 35 heavy (non-hydrogen) atoms. The molecule has 0 bridgehead atoms. The first-order chi connectivity index (χ1) is 16.7. The maximum absolute atomic E-state index is 2.62. The summed E-state index contributed by atoms with van der Waals surface area (Å²) < 4.78 is 1.73. The number of thiophene rings is 2. The predicted molar refractivity (Wildman–Crippen MR) is 166 cm³/mol. The number of aryl methyl sites for hydroxylation is 2. The molecule has 0 N–H and O–H groups in total. The van der Waals surface area contributed by atoms with Crippen molar-refractivity contribution in [2.24, 2.45) is 0 Å². The Morgan fingerprint density at radius 2 is 1.26 bits per heavy atom. The summed E-state index contributed by atoms with van der Waals surface area (Å²) >= 11 is 2.07. The quantitative estimate of drug-likeness (QED) is 0.129. The molecule has 0 saturated carbocycles. The van der Waals surface area contributed by atoms with E-state index in [-0.39, 0.29) is 0 Å². The van der Waals surface area contributed by atoms with Crippen LogP contribution in [0.3, 0.4) is 0 Å². The molecule has 0 aliphatic heterocycles. The minimum atomic E-state index is -2.11. The van der Waals surface area contributed by atoms with Crippen LogP contribution in [0.1, 0.15) is 76.3 Å². The van der Waals surface area contributed by atoms with Crippen LogP contribution in [-0.2, 0) is 12.8 Å². The molecule has 0 radical (unpaired) electrons. The number of nitrogens with zero attached hydrogens (tertiary/aromatic N) is 1. The number of anilines is 1. The molecule has 0 aliphatic rings. The van der Waals surface area contributed by atoms with Gasteiger partial charge in [-0.1, -0.05) is 0 Å². The van der Waals surface area contributed by atoms with Gasteiger partial charge in [-0.25, -0.2) is 0 Å². The van der Waals surface area contributed by atoms with E-state index in [1.165, 1.54) is 85.2 Å². The van der Waals surface area contributed by atoms with Gasteiger partial charge in [-0.3, -0.25) is 0 Å². The number of hydrogen-bond donors (Lipinski definition) is 0. The van der Waals surface area contributed by atoms with Crippen LogP contribution in [0.5, 0.6) is 0 Å². The second-order valence-corrected chi connectivity index (χ2v) is 28.8. The third-order valence-electron chi connectivity index (χ3n) is 6.83. The molecule has 1 nitrogen and oxygen atoms in total. The molecular weight excluding hydrogens is 569 g/mol. The number of unbranched alkanes of at least 4 members (excludes halogenated alkanes) is 6. The van der Waals surface area contributed by atoms with Gasteiger partial charge in [0.1, 0.15) is 0 Å². The van der Waals surface area contributed by atoms with Crippen molar-refractivity contribution >= 4 is 49.6 Å². The molecule has 1 aromatic carbocycles. The van der Waals surface area contributed by atoms with Crippen LogP contribution in [0, 0.1) is 0 Å². The van der Waals surface area contributed by atoms with Gasteiger partial charge in [0.05, 0.1) is 0 Å². The molecule has 3 aromatic rings. The van der Waals surface area contributed by atoms with Crippen molar-refractivity contribution in [1.29, 1.82) is 0 Å². The Morgan fingerprint density at radius 1 is 0.686 bits per heavy atom. The minimum absolute atomic E-state index is 1.20. The SMILES string of the molecule is CCCCCCc1cc(-c2s[c]([Sn]([CH3])([CH3])[CH3])cc2CCCCCC)sc1-c1ccc(N(C)C)cc1. The summed E-state index contributed by atoms with van der Waals surface area (Å²) in [6.07, 6.45) is 13.1. The normalized spacial score (nSPS) is 11.9. The van der Waals surface area contributed by atoms with E-state index in [4.69, 9.17) is 0 Å². The molecule has 2 aromatic heterocycles. The zero-order chi connectivity index (χ0) is 25.4. The monoisotopic (exact) mass is 617 g/mol. The van der Waals surface area contributed by atoms with E-state index >= 15 is 0 Å². The predicted octanol–water partition coefficient (Wildman–Crippen LogP) is 10.0. The van der Waals surface area contributed by atoms with Gasteiger partial charge in [-0.05, 0) is 0 Å². The first-order valence-corrected chi connectivity index (χ1v) is 25.4. The van der Waals surface area contributed by atoms with Crippen molar-refractivity contribution in [3.63, 3.8) is 0 Å². The summed E-state index contributed by atoms with van der Waals surface area (Å²) in [5.41, 5.74) is 5.84. The molecule has 0 unspecified atom stereocenters. The Balaban J connectivity index is 1.99. The van der Waals surface area contributed by atoms with E-state index in [1.54, 1.807) is 18.9 Å². The third kappa shape index (κ3) is 8.10. The fourth-order valence-corrected chi connectivity index (χ4v) is 12.4. The third-order valence-corrected chi connectivity index (χ3v) is 18.8. The van der Waals surface area contributed by atoms with Crippen LogP contribution in [0.15, 0.2) is 36.4 Å². The van der Waals surface area contributed by atoms with Crippen LogP contribution in [0.2, 0.25) is 14.8 Å². The summed E-state index contributed by atoms with van der Waals surface area (Å²) in [6, 6.07) is 14.4. The Bertz CT molecular complexity index is 1040. The molecule has 3 rings (SSSR count). The molecular formula is C31H47NS2Sn. The zero-order valence-corrected chi connectivity index (χ0v) is 27.8. The van der Waals surface area contributed by atoms with Gasteiger partial charge in [0.25, 0.3) is 0 Å². The Kier molecular flexibility index (Phi) is 11.2. The van der Waals surface area contributed by atoms with E-state index in [9.17, 15) is 0 Å². The standard InChI is InChI=1S/C28H38NS2.3CH3.Sn/c1-5-7-9-11-13-22-19-20-30-28(22)26-21-24(14-12-10-8-6-2)27(31-26)23-15-17-25(18-16-23)29(3)4;;;;/h15-19,21H,5-14H2,1-4H3;3*1H3;. The van der Waals surface area contributed by atoms with Crippen molar-refractivity contribution in [1.82, 2.24) is 0 Å². The molecule has 0 atom stereocenters. The zero-order valence-electron chi connectivity index (χ0n) is 23.3. The van der Waals surface area contributed by atoms with Crippen molar-refractivity contribution < 1.29 is 0 Å². The maximum atomic E-state index is 2.62. The second-order valence-electron chi connectivity index (χ2n) is 11.2. The molecule has 2 heterocycles. The number of hydrogen-bond acceptors (Lipinski definition) is 3. The number of benzene rings is 1. The fraction of sp³-hybridized carbons (Fsp3) is 0.548. The van der Waals surface area contributed by atoms with Crippen LogP contribution < -0.4 is 7.79 Å². The van der Waals surface area contributed by atoms with Crippen LogP contribution >= 0.6 is 22.7 Å². The van der Waals surface area contributed by atoms with Crippen molar-refractivity contribution in [2.45, 2.75) is 92.9 Å². The average Bonchev–Trinajstić information content (AvgIpc) is 3.44. The van der Waals surface area contributed by atoms with Gasteiger partial charge in [-0.2, -0.15) is 0 Å². The first-order valence-electron chi connectivity index (χ1n) is 13.8. The van der Waals surface area contributed by atoms with E-state index in [0.717, 1.165) is 0 Å². The van der Waals surface area contributed by atoms with E-state index in [1.807, 2.05) is 11.3 Å². The molecule has 0 saturated heterocycles. The summed E-state index contributed by atoms with van der Waals surface area (Å²) in [6.45, 7) is 4.61. The number of rotatable bonds is 14. The van der Waals surface area contributed by atoms with Crippen molar-refractivity contribution in [3.8, 4) is 20.2 Å². The van der Waals surface area contributed by atoms with E-state index < -0.39 is 18.4 Å². The van der Waals surface area contributed by atoms with Gasteiger partial charge in [-0.15, -0.1) is 0 Å². The molecule has 192 valence electrons. The molecule has 4 heteroatoms. The van der Waals surface area contributed by atoms with Crippen LogP contribution in [-0.4, -0.2) is 32.5 Å². The van der Waals surface area contributed by atoms with Gasteiger partial charge in [0.2, 0.25) is 0 Å². The van der Waals surface area contributed by atoms with Gasteiger partial charge in [0.15, 0.2) is 0 Å². The summed E-state index contributed by atoms with van der Waals surface area (Å²) in [4.78, 5) is 14.5. The average molecular weight is 617 g/mol. The first kappa shape index (κ1) is 28.8. The topological polar surface area (TPSA) is 3.24 Å². The summed E-state index contributed by atoms with van der Waals surface area (Å²) in [5.74, 6) is 0. The molecule has 0 spiro atoms. The van der Waals surface area contributed by atoms with Crippen LogP contribution in [0.4, 0.5) is 5.69 Å². The molecule has 0 amide bonds. The Labute approximate surface area is 227 Å². The van der Waals surface area contributed by atoms with Gasteiger partial charge in [0, 0.05) is 0 Å². The van der Waals surface area contributed by atoms with Crippen molar-refractivity contribution in [2.75, 3.05) is 19.0 Å². The summed E-state index contributed by atoms with van der Waals surface area (Å²) in [5, 5.41) is 0. The molecule has 0 aliphatic carbocycles. The fourth-order valence-electron chi connectivity index (χ4n) is 4.56. The van der Waals surface area contributed by atoms with E-state index in [0.29, 0.717) is 0 Å². The van der Waals surface area contributed by atoms with Crippen LogP contribution in [0.25, 0.3) is 20.2 Å². The van der Waals surface area contributed by atoms with E-state index in [2.05, 4.69) is 95.4 Å². The van der Waals surface area contributed by atoms with Gasteiger partial charge < -0.3 is 0 Å². The van der Waals surface area contributed by atoms with Crippen molar-refractivity contribution in [3.05, 3.63) is 47.5 Å². The van der Waals surface area contributed by atoms with Gasteiger partial charge >= 0.3 is 229 Å². The Morgan fingerprint density at radius 3 is 1.77 bits per heavy atom. The Hall–Kier alpha value is -0.781.